The molecule has 1 aliphatic heterocycles. The molecule has 1 atom stereocenters. The average Bonchev–Trinajstić information content (AvgIpc) is 2.40. The Bertz CT molecular complexity index is 414. The maximum Gasteiger partial charge on any atom is 0.146 e. The summed E-state index contributed by atoms with van der Waals surface area (Å²) in [7, 11) is 2.10. The molecule has 2 N–H and O–H groups in total. The molecule has 1 aliphatic rings. The van der Waals surface area contributed by atoms with E-state index in [0.29, 0.717) is 0 Å². The summed E-state index contributed by atoms with van der Waals surface area (Å²) in [5, 5.41) is 0. The lowest BCUT2D eigenvalue weighted by atomic mass is 10.0. The van der Waals surface area contributed by atoms with Crippen molar-refractivity contribution < 1.29 is 4.39 Å². The van der Waals surface area contributed by atoms with Gasteiger partial charge in [-0.2, -0.15) is 0 Å². The van der Waals surface area contributed by atoms with Crippen LogP contribution >= 0.6 is 0 Å². The van der Waals surface area contributed by atoms with Crippen LogP contribution in [0.25, 0.3) is 0 Å². The van der Waals surface area contributed by atoms with Crippen LogP contribution in [0.2, 0.25) is 0 Å². The Labute approximate surface area is 115 Å². The first kappa shape index (κ1) is 14.3. The Morgan fingerprint density at radius 2 is 1.95 bits per heavy atom. The number of halogens is 1. The number of benzene rings is 1. The maximum absolute atomic E-state index is 14.2. The molecule has 0 aromatic heterocycles. The number of hydrogen-bond donors (Lipinski definition) is 1. The smallest absolute Gasteiger partial charge is 0.146 e. The molecule has 3 nitrogen and oxygen atoms in total. The molecule has 0 bridgehead atoms. The number of rotatable bonds is 4. The van der Waals surface area contributed by atoms with Crippen LogP contribution in [0.15, 0.2) is 18.2 Å². The zero-order chi connectivity index (χ0) is 13.8. The van der Waals surface area contributed by atoms with Crippen molar-refractivity contribution in [1.29, 1.82) is 0 Å². The van der Waals surface area contributed by atoms with Gasteiger partial charge in [0.25, 0.3) is 0 Å². The van der Waals surface area contributed by atoms with Crippen LogP contribution in [-0.2, 0) is 6.42 Å². The fraction of sp³-hybridized carbons (Fsp3) is 0.600. The number of nitrogens with zero attached hydrogens (tertiary/aromatic N) is 2. The number of likely N-dealkylation sites (N-methyl/N-ethyl adjacent to an activating group) is 1. The summed E-state index contributed by atoms with van der Waals surface area (Å²) in [6.07, 6.45) is 1.66. The summed E-state index contributed by atoms with van der Waals surface area (Å²) in [6, 6.07) is 5.45. The Morgan fingerprint density at radius 3 is 2.58 bits per heavy atom. The highest BCUT2D eigenvalue weighted by molar-refractivity contribution is 5.55. The minimum Gasteiger partial charge on any atom is -0.366 e. The van der Waals surface area contributed by atoms with Crippen molar-refractivity contribution in [3.05, 3.63) is 29.6 Å². The molecule has 0 aliphatic carbocycles. The van der Waals surface area contributed by atoms with Crippen LogP contribution < -0.4 is 10.6 Å². The van der Waals surface area contributed by atoms with E-state index in [0.717, 1.165) is 50.3 Å². The summed E-state index contributed by atoms with van der Waals surface area (Å²) >= 11 is 0. The number of para-hydroxylation sites is 1. The third-order valence-corrected chi connectivity index (χ3v) is 3.90. The fourth-order valence-corrected chi connectivity index (χ4v) is 2.54. The van der Waals surface area contributed by atoms with E-state index >= 15 is 0 Å². The van der Waals surface area contributed by atoms with Gasteiger partial charge in [0.15, 0.2) is 0 Å². The van der Waals surface area contributed by atoms with Gasteiger partial charge in [-0.1, -0.05) is 19.1 Å². The molecule has 106 valence electrons. The summed E-state index contributed by atoms with van der Waals surface area (Å²) in [5.41, 5.74) is 7.83. The first-order valence-corrected chi connectivity index (χ1v) is 7.08. The van der Waals surface area contributed by atoms with Crippen molar-refractivity contribution in [1.82, 2.24) is 4.90 Å². The topological polar surface area (TPSA) is 32.5 Å². The molecule has 0 radical (unpaired) electrons. The highest BCUT2D eigenvalue weighted by Crippen LogP contribution is 2.26. The van der Waals surface area contributed by atoms with E-state index in [1.807, 2.05) is 6.07 Å². The molecule has 4 heteroatoms. The van der Waals surface area contributed by atoms with Gasteiger partial charge in [0.1, 0.15) is 5.82 Å². The highest BCUT2D eigenvalue weighted by atomic mass is 19.1. The average molecular weight is 265 g/mol. The van der Waals surface area contributed by atoms with Gasteiger partial charge in [0.05, 0.1) is 5.69 Å². The second-order valence-electron chi connectivity index (χ2n) is 5.41. The van der Waals surface area contributed by atoms with E-state index < -0.39 is 0 Å². The van der Waals surface area contributed by atoms with E-state index in [9.17, 15) is 4.39 Å². The van der Waals surface area contributed by atoms with Crippen molar-refractivity contribution >= 4 is 5.69 Å². The Balaban J connectivity index is 2.22. The first-order valence-electron chi connectivity index (χ1n) is 7.08. The van der Waals surface area contributed by atoms with Crippen LogP contribution in [0.5, 0.6) is 0 Å². The van der Waals surface area contributed by atoms with E-state index in [4.69, 9.17) is 5.73 Å². The lowest BCUT2D eigenvalue weighted by Crippen LogP contribution is -2.45. The van der Waals surface area contributed by atoms with E-state index in [-0.39, 0.29) is 11.9 Å². The Kier molecular flexibility index (Phi) is 4.77. The highest BCUT2D eigenvalue weighted by Gasteiger charge is 2.20. The van der Waals surface area contributed by atoms with Gasteiger partial charge in [-0.05, 0) is 31.5 Å². The van der Waals surface area contributed by atoms with Gasteiger partial charge in [0.2, 0.25) is 0 Å². The van der Waals surface area contributed by atoms with Crippen LogP contribution in [-0.4, -0.2) is 44.2 Å². The molecule has 0 saturated carbocycles. The monoisotopic (exact) mass is 265 g/mol. The Morgan fingerprint density at radius 1 is 1.26 bits per heavy atom. The third-order valence-electron chi connectivity index (χ3n) is 3.90. The molecule has 1 aromatic carbocycles. The molecular formula is C15H24FN3. The van der Waals surface area contributed by atoms with E-state index in [1.165, 1.54) is 0 Å². The zero-order valence-corrected chi connectivity index (χ0v) is 11.9. The fourth-order valence-electron chi connectivity index (χ4n) is 2.54. The standard InChI is InChI=1S/C15H24FN3/c1-3-13(17)11-12-5-4-6-14(16)15(12)19-9-7-18(2)8-10-19/h4-6,13H,3,7-11,17H2,1-2H3. The molecule has 1 heterocycles. The quantitative estimate of drug-likeness (QED) is 0.902. The van der Waals surface area contributed by atoms with Gasteiger partial charge in [-0.15, -0.1) is 0 Å². The molecule has 0 spiro atoms. The molecule has 0 amide bonds. The van der Waals surface area contributed by atoms with E-state index in [1.54, 1.807) is 12.1 Å². The van der Waals surface area contributed by atoms with E-state index in [2.05, 4.69) is 23.8 Å². The summed E-state index contributed by atoms with van der Waals surface area (Å²) in [6.45, 7) is 5.79. The Hall–Kier alpha value is -1.13. The van der Waals surface area contributed by atoms with Crippen molar-refractivity contribution in [3.8, 4) is 0 Å². The summed E-state index contributed by atoms with van der Waals surface area (Å²) < 4.78 is 14.2. The molecule has 1 fully saturated rings. The lowest BCUT2D eigenvalue weighted by molar-refractivity contribution is 0.311. The maximum atomic E-state index is 14.2. The largest absolute Gasteiger partial charge is 0.366 e. The number of hydrogen-bond acceptors (Lipinski definition) is 3. The summed E-state index contributed by atoms with van der Waals surface area (Å²) in [4.78, 5) is 4.43. The zero-order valence-electron chi connectivity index (χ0n) is 11.9. The summed E-state index contributed by atoms with van der Waals surface area (Å²) in [5.74, 6) is -0.120. The van der Waals surface area contributed by atoms with Gasteiger partial charge < -0.3 is 15.5 Å². The molecule has 1 aromatic rings. The van der Waals surface area contributed by atoms with Crippen LogP contribution in [0.4, 0.5) is 10.1 Å². The minimum absolute atomic E-state index is 0.105. The number of anilines is 1. The van der Waals surface area contributed by atoms with Gasteiger partial charge >= 0.3 is 0 Å². The van der Waals surface area contributed by atoms with Crippen molar-refractivity contribution in [3.63, 3.8) is 0 Å². The second kappa shape index (κ2) is 6.35. The molecule has 2 rings (SSSR count). The van der Waals surface area contributed by atoms with Crippen molar-refractivity contribution in [2.45, 2.75) is 25.8 Å². The lowest BCUT2D eigenvalue weighted by Gasteiger charge is -2.35. The van der Waals surface area contributed by atoms with Gasteiger partial charge in [-0.3, -0.25) is 0 Å². The van der Waals surface area contributed by atoms with Crippen LogP contribution in [0, 0.1) is 5.82 Å². The van der Waals surface area contributed by atoms with Crippen molar-refractivity contribution in [2.75, 3.05) is 38.1 Å². The SMILES string of the molecule is CCC(N)Cc1cccc(F)c1N1CCN(C)CC1. The van der Waals surface area contributed by atoms with Crippen LogP contribution in [0.3, 0.4) is 0 Å². The van der Waals surface area contributed by atoms with Gasteiger partial charge in [-0.25, -0.2) is 4.39 Å². The predicted octanol–water partition coefficient (Wildman–Crippen LogP) is 1.86. The molecular weight excluding hydrogens is 241 g/mol. The number of nitrogens with two attached hydrogens (primary N) is 1. The molecule has 1 unspecified atom stereocenters. The van der Waals surface area contributed by atoms with Gasteiger partial charge in [0, 0.05) is 32.2 Å². The molecule has 19 heavy (non-hydrogen) atoms. The first-order chi connectivity index (χ1) is 9.11. The van der Waals surface area contributed by atoms with Crippen molar-refractivity contribution in [2.24, 2.45) is 5.73 Å². The third kappa shape index (κ3) is 3.45. The molecule has 1 saturated heterocycles. The number of piperazine rings is 1. The minimum atomic E-state index is -0.120. The van der Waals surface area contributed by atoms with Crippen LogP contribution in [0.1, 0.15) is 18.9 Å². The normalized spacial score (nSPS) is 18.6. The second-order valence-corrected chi connectivity index (χ2v) is 5.41. The predicted molar refractivity (Wildman–Crippen MR) is 78.1 cm³/mol.